The van der Waals surface area contributed by atoms with Gasteiger partial charge in [0.25, 0.3) is 5.91 Å². The van der Waals surface area contributed by atoms with Crippen molar-refractivity contribution in [2.24, 2.45) is 7.05 Å². The number of methoxy groups -OCH3 is 1. The van der Waals surface area contributed by atoms with Crippen molar-refractivity contribution >= 4 is 11.9 Å². The molecule has 0 fully saturated rings. The van der Waals surface area contributed by atoms with E-state index in [-0.39, 0.29) is 5.56 Å². The third-order valence-electron chi connectivity index (χ3n) is 5.14. The number of hydrogen-bond donors (Lipinski definition) is 1. The largest absolute Gasteiger partial charge is 0.497 e. The predicted octanol–water partition coefficient (Wildman–Crippen LogP) is 5.08. The van der Waals surface area contributed by atoms with Crippen LogP contribution in [0.1, 0.15) is 21.6 Å². The summed E-state index contributed by atoms with van der Waals surface area (Å²) in [5.74, 6) is -0.0183. The van der Waals surface area contributed by atoms with Crippen LogP contribution >= 0.6 is 0 Å². The molecular formula is C25H22FN3O2. The van der Waals surface area contributed by atoms with Gasteiger partial charge in [0.15, 0.2) is 0 Å². The molecule has 4 aromatic rings. The average molecular weight is 415 g/mol. The fraction of sp³-hybridized carbons (Fsp3) is 0.120. The monoisotopic (exact) mass is 415 g/mol. The van der Waals surface area contributed by atoms with Gasteiger partial charge in [0.1, 0.15) is 11.6 Å². The molecule has 1 aromatic heterocycles. The molecule has 0 saturated carbocycles. The number of nitrogens with zero attached hydrogens (tertiary/aromatic N) is 2. The van der Waals surface area contributed by atoms with Crippen LogP contribution in [0, 0.1) is 5.82 Å². The quantitative estimate of drug-likeness (QED) is 0.478. The smallest absolute Gasteiger partial charge is 0.260 e. The Labute approximate surface area is 180 Å². The number of amides is 1. The first-order valence-corrected chi connectivity index (χ1v) is 9.86. The molecule has 0 aliphatic rings. The second-order valence-corrected chi connectivity index (χ2v) is 7.11. The number of imidazole rings is 1. The van der Waals surface area contributed by atoms with Crippen molar-refractivity contribution in [3.05, 3.63) is 102 Å². The number of ether oxygens (including phenoxy) is 1. The summed E-state index contributed by atoms with van der Waals surface area (Å²) >= 11 is 0. The highest BCUT2D eigenvalue weighted by Crippen LogP contribution is 2.29. The molecule has 4 rings (SSSR count). The summed E-state index contributed by atoms with van der Waals surface area (Å²) in [5, 5.41) is 2.75. The van der Waals surface area contributed by atoms with Crippen LogP contribution in [0.5, 0.6) is 5.75 Å². The lowest BCUT2D eigenvalue weighted by atomic mass is 10.0. The Kier molecular flexibility index (Phi) is 5.80. The summed E-state index contributed by atoms with van der Waals surface area (Å²) < 4.78 is 21.1. The molecule has 1 amide bonds. The van der Waals surface area contributed by atoms with Gasteiger partial charge >= 0.3 is 0 Å². The van der Waals surface area contributed by atoms with Gasteiger partial charge in [-0.15, -0.1) is 0 Å². The van der Waals surface area contributed by atoms with Crippen LogP contribution in [0.25, 0.3) is 11.3 Å². The lowest BCUT2D eigenvalue weighted by molar-refractivity contribution is 0.102. The van der Waals surface area contributed by atoms with Crippen molar-refractivity contribution < 1.29 is 13.9 Å². The summed E-state index contributed by atoms with van der Waals surface area (Å²) in [7, 11) is 3.46. The number of rotatable bonds is 6. The summed E-state index contributed by atoms with van der Waals surface area (Å²) in [6, 6.07) is 23.5. The lowest BCUT2D eigenvalue weighted by Crippen LogP contribution is -2.17. The van der Waals surface area contributed by atoms with Crippen molar-refractivity contribution in [3.63, 3.8) is 0 Å². The van der Waals surface area contributed by atoms with E-state index in [2.05, 4.69) is 5.32 Å². The van der Waals surface area contributed by atoms with E-state index in [1.807, 2.05) is 66.2 Å². The highest BCUT2D eigenvalue weighted by atomic mass is 19.1. The Bertz CT molecular complexity index is 1200. The zero-order valence-corrected chi connectivity index (χ0v) is 17.3. The third kappa shape index (κ3) is 4.33. The molecule has 0 aliphatic heterocycles. The number of carbonyl (C=O) groups is 1. The van der Waals surface area contributed by atoms with Crippen molar-refractivity contribution in [2.45, 2.75) is 6.42 Å². The SMILES string of the molecule is COc1ccc(-c2nc(NC(=O)c3ccccc3F)n(C)c2Cc2ccccc2)cc1. The molecule has 0 spiro atoms. The molecule has 156 valence electrons. The van der Waals surface area contributed by atoms with E-state index >= 15 is 0 Å². The minimum Gasteiger partial charge on any atom is -0.497 e. The Morgan fingerprint density at radius 3 is 2.35 bits per heavy atom. The normalized spacial score (nSPS) is 10.7. The van der Waals surface area contributed by atoms with Gasteiger partial charge in [0, 0.05) is 19.0 Å². The van der Waals surface area contributed by atoms with Crippen molar-refractivity contribution in [1.29, 1.82) is 0 Å². The topological polar surface area (TPSA) is 56.1 Å². The van der Waals surface area contributed by atoms with Crippen LogP contribution in [-0.4, -0.2) is 22.6 Å². The predicted molar refractivity (Wildman–Crippen MR) is 119 cm³/mol. The van der Waals surface area contributed by atoms with Crippen molar-refractivity contribution in [3.8, 4) is 17.0 Å². The highest BCUT2D eigenvalue weighted by molar-refractivity contribution is 6.03. The summed E-state index contributed by atoms with van der Waals surface area (Å²) in [4.78, 5) is 17.4. The molecule has 0 unspecified atom stereocenters. The van der Waals surface area contributed by atoms with Gasteiger partial charge < -0.3 is 9.30 Å². The number of anilines is 1. The summed E-state index contributed by atoms with van der Waals surface area (Å²) in [6.07, 6.45) is 0.626. The van der Waals surface area contributed by atoms with E-state index in [1.165, 1.54) is 12.1 Å². The molecule has 31 heavy (non-hydrogen) atoms. The van der Waals surface area contributed by atoms with Gasteiger partial charge in [0.05, 0.1) is 24.1 Å². The molecule has 0 atom stereocenters. The molecule has 3 aromatic carbocycles. The van der Waals surface area contributed by atoms with E-state index in [1.54, 1.807) is 19.2 Å². The molecule has 0 saturated heterocycles. The molecule has 5 nitrogen and oxygen atoms in total. The molecular weight excluding hydrogens is 393 g/mol. The van der Waals surface area contributed by atoms with Gasteiger partial charge in [0.2, 0.25) is 5.95 Å². The van der Waals surface area contributed by atoms with E-state index in [9.17, 15) is 9.18 Å². The second kappa shape index (κ2) is 8.83. The fourth-order valence-electron chi connectivity index (χ4n) is 3.43. The number of aromatic nitrogens is 2. The summed E-state index contributed by atoms with van der Waals surface area (Å²) in [5.41, 5.74) is 3.67. The fourth-order valence-corrected chi connectivity index (χ4v) is 3.43. The van der Waals surface area contributed by atoms with Crippen LogP contribution in [0.15, 0.2) is 78.9 Å². The van der Waals surface area contributed by atoms with Gasteiger partial charge in [-0.1, -0.05) is 42.5 Å². The second-order valence-electron chi connectivity index (χ2n) is 7.11. The van der Waals surface area contributed by atoms with Gasteiger partial charge in [-0.05, 0) is 42.0 Å². The van der Waals surface area contributed by atoms with Crippen LogP contribution in [0.4, 0.5) is 10.3 Å². The van der Waals surface area contributed by atoms with E-state index in [0.717, 1.165) is 28.3 Å². The van der Waals surface area contributed by atoms with Crippen LogP contribution in [-0.2, 0) is 13.5 Å². The first-order chi connectivity index (χ1) is 15.1. The number of nitrogens with one attached hydrogen (secondary N) is 1. The standard InChI is InChI=1S/C25H22FN3O2/c1-29-22(16-17-8-4-3-5-9-17)23(18-12-14-19(31-2)15-13-18)27-25(29)28-24(30)20-10-6-7-11-21(20)26/h3-15H,16H2,1-2H3,(H,27,28,30). The average Bonchev–Trinajstić information content (AvgIpc) is 3.10. The van der Waals surface area contributed by atoms with E-state index < -0.39 is 11.7 Å². The Balaban J connectivity index is 1.74. The molecule has 1 heterocycles. The third-order valence-corrected chi connectivity index (χ3v) is 5.14. The highest BCUT2D eigenvalue weighted by Gasteiger charge is 2.20. The lowest BCUT2D eigenvalue weighted by Gasteiger charge is -2.09. The van der Waals surface area contributed by atoms with Crippen LogP contribution in [0.2, 0.25) is 0 Å². The molecule has 1 N–H and O–H groups in total. The Hall–Kier alpha value is -3.93. The zero-order valence-electron chi connectivity index (χ0n) is 17.3. The number of benzene rings is 3. The zero-order chi connectivity index (χ0) is 21.8. The van der Waals surface area contributed by atoms with E-state index in [0.29, 0.717) is 12.4 Å². The maximum Gasteiger partial charge on any atom is 0.260 e. The van der Waals surface area contributed by atoms with Gasteiger partial charge in [-0.25, -0.2) is 9.37 Å². The maximum absolute atomic E-state index is 14.1. The first-order valence-electron chi connectivity index (χ1n) is 9.86. The van der Waals surface area contributed by atoms with Crippen molar-refractivity contribution in [1.82, 2.24) is 9.55 Å². The number of hydrogen-bond acceptors (Lipinski definition) is 3. The summed E-state index contributed by atoms with van der Waals surface area (Å²) in [6.45, 7) is 0. The minimum absolute atomic E-state index is 0.0268. The Morgan fingerprint density at radius 1 is 1.00 bits per heavy atom. The maximum atomic E-state index is 14.1. The molecule has 6 heteroatoms. The van der Waals surface area contributed by atoms with Gasteiger partial charge in [-0.2, -0.15) is 0 Å². The molecule has 0 radical (unpaired) electrons. The Morgan fingerprint density at radius 2 is 1.68 bits per heavy atom. The minimum atomic E-state index is -0.575. The van der Waals surface area contributed by atoms with Crippen LogP contribution in [0.3, 0.4) is 0 Å². The van der Waals surface area contributed by atoms with Crippen LogP contribution < -0.4 is 10.1 Å². The van der Waals surface area contributed by atoms with E-state index in [4.69, 9.17) is 9.72 Å². The van der Waals surface area contributed by atoms with Crippen molar-refractivity contribution in [2.75, 3.05) is 12.4 Å². The van der Waals surface area contributed by atoms with Gasteiger partial charge in [-0.3, -0.25) is 10.1 Å². The molecule has 0 bridgehead atoms. The molecule has 0 aliphatic carbocycles. The number of carbonyl (C=O) groups excluding carboxylic acids is 1. The first kappa shape index (κ1) is 20.3. The number of halogens is 1.